The molecule has 0 aliphatic carbocycles. The van der Waals surface area contributed by atoms with Crippen LogP contribution in [-0.4, -0.2) is 29.4 Å². The van der Waals surface area contributed by atoms with Crippen LogP contribution in [0.1, 0.15) is 42.4 Å². The Kier molecular flexibility index (Phi) is 5.65. The molecule has 4 rings (SSSR count). The topological polar surface area (TPSA) is 66.9 Å². The van der Waals surface area contributed by atoms with Crippen molar-refractivity contribution in [2.45, 2.75) is 38.6 Å². The lowest BCUT2D eigenvalue weighted by Crippen LogP contribution is -2.33. The molecule has 0 spiro atoms. The molecule has 1 saturated heterocycles. The number of benzene rings is 2. The highest BCUT2D eigenvalue weighted by Crippen LogP contribution is 2.33. The van der Waals surface area contributed by atoms with Crippen LogP contribution in [0.2, 0.25) is 0 Å². The van der Waals surface area contributed by atoms with Crippen LogP contribution in [0.25, 0.3) is 5.57 Å². The van der Waals surface area contributed by atoms with E-state index in [2.05, 4.69) is 6.58 Å². The third-order valence-corrected chi connectivity index (χ3v) is 5.50. The second kappa shape index (κ2) is 8.53. The van der Waals surface area contributed by atoms with Crippen molar-refractivity contribution in [3.05, 3.63) is 71.8 Å². The lowest BCUT2D eigenvalue weighted by Gasteiger charge is -2.29. The third-order valence-electron chi connectivity index (χ3n) is 5.50. The van der Waals surface area contributed by atoms with Crippen molar-refractivity contribution in [3.8, 4) is 0 Å². The molecule has 0 N–H and O–H groups in total. The molecule has 0 radical (unpaired) electrons. The van der Waals surface area contributed by atoms with Crippen molar-refractivity contribution in [1.29, 1.82) is 0 Å². The van der Waals surface area contributed by atoms with E-state index in [0.29, 0.717) is 32.4 Å². The van der Waals surface area contributed by atoms with Gasteiger partial charge in [0, 0.05) is 18.5 Å². The van der Waals surface area contributed by atoms with Crippen molar-refractivity contribution >= 4 is 29.0 Å². The molecule has 2 heterocycles. The molecule has 30 heavy (non-hydrogen) atoms. The molecule has 0 bridgehead atoms. The van der Waals surface area contributed by atoms with Crippen LogP contribution in [0, 0.1) is 0 Å². The summed E-state index contributed by atoms with van der Waals surface area (Å²) in [7, 11) is 0. The number of carbonyl (C=O) groups is 3. The number of allylic oxidation sites excluding steroid dienone is 1. The summed E-state index contributed by atoms with van der Waals surface area (Å²) < 4.78 is 0. The van der Waals surface area contributed by atoms with Gasteiger partial charge in [0.05, 0.1) is 19.5 Å². The van der Waals surface area contributed by atoms with E-state index in [1.54, 1.807) is 4.90 Å². The quantitative estimate of drug-likeness (QED) is 0.780. The van der Waals surface area contributed by atoms with Gasteiger partial charge in [0.25, 0.3) is 5.91 Å². The maximum absolute atomic E-state index is 13.1. The van der Waals surface area contributed by atoms with E-state index in [-0.39, 0.29) is 24.7 Å². The first-order chi connectivity index (χ1) is 14.5. The van der Waals surface area contributed by atoms with Gasteiger partial charge in [-0.15, -0.1) is 0 Å². The van der Waals surface area contributed by atoms with Gasteiger partial charge in [-0.1, -0.05) is 49.0 Å². The fourth-order valence-corrected chi connectivity index (χ4v) is 3.96. The van der Waals surface area contributed by atoms with Crippen LogP contribution in [0.5, 0.6) is 0 Å². The summed E-state index contributed by atoms with van der Waals surface area (Å²) in [6.45, 7) is 5.07. The lowest BCUT2D eigenvalue weighted by atomic mass is 9.92. The molecule has 2 aromatic rings. The zero-order valence-electron chi connectivity index (χ0n) is 16.8. The molecule has 2 aliphatic rings. The third kappa shape index (κ3) is 4.13. The first-order valence-corrected chi connectivity index (χ1v) is 10.2. The molecule has 6 nitrogen and oxygen atoms in total. The SMILES string of the molecule is C=C1Cc2ccccc2N(C(=O)CCC(=O)ON2CCCC2=O)Cc2ccccc21. The van der Waals surface area contributed by atoms with E-state index in [1.807, 2.05) is 48.5 Å². The second-order valence-electron chi connectivity index (χ2n) is 7.61. The van der Waals surface area contributed by atoms with E-state index in [4.69, 9.17) is 4.84 Å². The monoisotopic (exact) mass is 404 g/mol. The van der Waals surface area contributed by atoms with Gasteiger partial charge in [-0.05, 0) is 41.2 Å². The van der Waals surface area contributed by atoms with Crippen molar-refractivity contribution in [3.63, 3.8) is 0 Å². The van der Waals surface area contributed by atoms with Crippen molar-refractivity contribution in [2.24, 2.45) is 0 Å². The fraction of sp³-hybridized carbons (Fsp3) is 0.292. The summed E-state index contributed by atoms with van der Waals surface area (Å²) in [4.78, 5) is 43.7. The highest BCUT2D eigenvalue weighted by Gasteiger charge is 2.27. The molecule has 0 unspecified atom stereocenters. The maximum Gasteiger partial charge on any atom is 0.333 e. The zero-order valence-corrected chi connectivity index (χ0v) is 16.8. The predicted octanol–water partition coefficient (Wildman–Crippen LogP) is 3.65. The van der Waals surface area contributed by atoms with Crippen LogP contribution >= 0.6 is 0 Å². The maximum atomic E-state index is 13.1. The minimum absolute atomic E-state index is 0.0122. The Morgan fingerprint density at radius 2 is 1.73 bits per heavy atom. The van der Waals surface area contributed by atoms with Crippen LogP contribution in [0.4, 0.5) is 5.69 Å². The smallest absolute Gasteiger partial charge is 0.333 e. The Morgan fingerprint density at radius 3 is 2.50 bits per heavy atom. The summed E-state index contributed by atoms with van der Waals surface area (Å²) in [5.41, 5.74) is 4.95. The summed E-state index contributed by atoms with van der Waals surface area (Å²) in [5, 5.41) is 1.10. The summed E-state index contributed by atoms with van der Waals surface area (Å²) >= 11 is 0. The van der Waals surface area contributed by atoms with E-state index in [0.717, 1.165) is 33.0 Å². The lowest BCUT2D eigenvalue weighted by molar-refractivity contribution is -0.193. The predicted molar refractivity (Wildman–Crippen MR) is 113 cm³/mol. The number of nitrogens with zero attached hydrogens (tertiary/aromatic N) is 2. The zero-order chi connectivity index (χ0) is 21.1. The van der Waals surface area contributed by atoms with Gasteiger partial charge in [0.1, 0.15) is 0 Å². The Hall–Kier alpha value is -3.41. The number of anilines is 1. The van der Waals surface area contributed by atoms with Crippen molar-refractivity contribution < 1.29 is 19.2 Å². The van der Waals surface area contributed by atoms with Crippen LogP contribution in [0.3, 0.4) is 0 Å². The van der Waals surface area contributed by atoms with Gasteiger partial charge in [-0.3, -0.25) is 9.59 Å². The Balaban J connectivity index is 1.51. The molecule has 154 valence electrons. The van der Waals surface area contributed by atoms with Gasteiger partial charge in [0.2, 0.25) is 5.91 Å². The Labute approximate surface area is 175 Å². The molecule has 6 heteroatoms. The number of rotatable bonds is 4. The molecular weight excluding hydrogens is 380 g/mol. The number of hydroxylamine groups is 2. The number of hydrogen-bond acceptors (Lipinski definition) is 4. The average molecular weight is 404 g/mol. The van der Waals surface area contributed by atoms with Gasteiger partial charge in [-0.25, -0.2) is 4.79 Å². The summed E-state index contributed by atoms with van der Waals surface area (Å²) in [6.07, 6.45) is 1.66. The molecular formula is C24H24N2O4. The van der Waals surface area contributed by atoms with Crippen molar-refractivity contribution in [2.75, 3.05) is 11.4 Å². The number of hydrogen-bond donors (Lipinski definition) is 0. The van der Waals surface area contributed by atoms with Gasteiger partial charge in [-0.2, -0.15) is 5.06 Å². The van der Waals surface area contributed by atoms with E-state index in [9.17, 15) is 14.4 Å². The molecule has 1 fully saturated rings. The highest BCUT2D eigenvalue weighted by atomic mass is 16.7. The standard InChI is InChI=1S/C24H24N2O4/c1-17-15-18-7-3-5-10-21(18)25(16-19-8-2-4-9-20(17)19)22(27)12-13-24(29)30-26-14-6-11-23(26)28/h2-5,7-10H,1,6,11-16H2. The molecule has 0 atom stereocenters. The number of fused-ring (bicyclic) bond motifs is 2. The second-order valence-corrected chi connectivity index (χ2v) is 7.61. The van der Waals surface area contributed by atoms with Crippen molar-refractivity contribution in [1.82, 2.24) is 5.06 Å². The largest absolute Gasteiger partial charge is 0.338 e. The number of para-hydroxylation sites is 1. The molecule has 2 aliphatic heterocycles. The average Bonchev–Trinajstić information content (AvgIpc) is 3.14. The van der Waals surface area contributed by atoms with Gasteiger partial charge < -0.3 is 9.74 Å². The van der Waals surface area contributed by atoms with Gasteiger partial charge in [0.15, 0.2) is 0 Å². The first-order valence-electron chi connectivity index (χ1n) is 10.2. The highest BCUT2D eigenvalue weighted by molar-refractivity contribution is 5.96. The first kappa shape index (κ1) is 19.9. The normalized spacial score (nSPS) is 15.9. The van der Waals surface area contributed by atoms with E-state index >= 15 is 0 Å². The van der Waals surface area contributed by atoms with E-state index in [1.165, 1.54) is 0 Å². The number of carbonyl (C=O) groups excluding carboxylic acids is 3. The molecule has 2 aromatic carbocycles. The fourth-order valence-electron chi connectivity index (χ4n) is 3.96. The van der Waals surface area contributed by atoms with Gasteiger partial charge >= 0.3 is 5.97 Å². The summed E-state index contributed by atoms with van der Waals surface area (Å²) in [6, 6.07) is 15.7. The Bertz CT molecular complexity index is 1010. The minimum Gasteiger partial charge on any atom is -0.338 e. The van der Waals surface area contributed by atoms with E-state index < -0.39 is 5.97 Å². The van der Waals surface area contributed by atoms with Crippen LogP contribution < -0.4 is 4.90 Å². The van der Waals surface area contributed by atoms with Crippen LogP contribution in [-0.2, 0) is 32.2 Å². The molecule has 0 saturated carbocycles. The minimum atomic E-state index is -0.562. The Morgan fingerprint density at radius 1 is 1.00 bits per heavy atom. The molecule has 2 amide bonds. The molecule has 0 aromatic heterocycles. The van der Waals surface area contributed by atoms with Crippen LogP contribution in [0.15, 0.2) is 55.1 Å². The number of amides is 2. The summed E-state index contributed by atoms with van der Waals surface area (Å²) in [5.74, 6) is -0.911.